The molecule has 2 unspecified atom stereocenters. The van der Waals surface area contributed by atoms with E-state index in [-0.39, 0.29) is 6.29 Å². The van der Waals surface area contributed by atoms with Gasteiger partial charge in [0, 0.05) is 12.2 Å². The first-order valence-corrected chi connectivity index (χ1v) is 8.82. The van der Waals surface area contributed by atoms with Crippen LogP contribution in [0.15, 0.2) is 42.5 Å². The Labute approximate surface area is 149 Å². The van der Waals surface area contributed by atoms with Gasteiger partial charge in [-0.15, -0.1) is 0 Å². The maximum Gasteiger partial charge on any atom is 0.158 e. The summed E-state index contributed by atoms with van der Waals surface area (Å²) in [5, 5.41) is 10.7. The molecule has 0 aromatic heterocycles. The molecule has 1 aliphatic heterocycles. The maximum absolute atomic E-state index is 10.7. The van der Waals surface area contributed by atoms with Gasteiger partial charge in [-0.05, 0) is 43.4 Å². The van der Waals surface area contributed by atoms with E-state index in [1.54, 1.807) is 7.11 Å². The molecule has 1 aliphatic rings. The van der Waals surface area contributed by atoms with Crippen molar-refractivity contribution in [2.45, 2.75) is 45.2 Å². The Morgan fingerprint density at radius 3 is 2.80 bits per heavy atom. The van der Waals surface area contributed by atoms with Crippen molar-refractivity contribution in [1.29, 1.82) is 0 Å². The van der Waals surface area contributed by atoms with Crippen molar-refractivity contribution < 1.29 is 19.3 Å². The lowest BCUT2D eigenvalue weighted by Crippen LogP contribution is -2.22. The minimum absolute atomic E-state index is 0.114. The van der Waals surface area contributed by atoms with Crippen molar-refractivity contribution in [2.75, 3.05) is 13.7 Å². The first-order chi connectivity index (χ1) is 12.2. The maximum atomic E-state index is 10.7. The number of benzene rings is 2. The summed E-state index contributed by atoms with van der Waals surface area (Å²) in [6, 6.07) is 13.7. The lowest BCUT2D eigenvalue weighted by atomic mass is 9.98. The van der Waals surface area contributed by atoms with Crippen LogP contribution < -0.4 is 4.74 Å². The van der Waals surface area contributed by atoms with Crippen molar-refractivity contribution in [1.82, 2.24) is 0 Å². The number of ether oxygens (including phenoxy) is 3. The van der Waals surface area contributed by atoms with E-state index in [2.05, 4.69) is 0 Å². The van der Waals surface area contributed by atoms with Crippen LogP contribution in [0.2, 0.25) is 0 Å². The summed E-state index contributed by atoms with van der Waals surface area (Å²) in [7, 11) is 1.62. The Morgan fingerprint density at radius 1 is 1.20 bits per heavy atom. The molecule has 25 heavy (non-hydrogen) atoms. The average Bonchev–Trinajstić information content (AvgIpc) is 2.66. The smallest absolute Gasteiger partial charge is 0.158 e. The number of methoxy groups -OCH3 is 1. The Morgan fingerprint density at radius 2 is 2.08 bits per heavy atom. The number of aryl methyl sites for hydroxylation is 1. The van der Waals surface area contributed by atoms with Gasteiger partial charge in [0.05, 0.1) is 13.7 Å². The van der Waals surface area contributed by atoms with Gasteiger partial charge in [0.1, 0.15) is 11.9 Å². The minimum Gasteiger partial charge on any atom is -0.496 e. The molecule has 1 saturated heterocycles. The van der Waals surface area contributed by atoms with Gasteiger partial charge < -0.3 is 19.3 Å². The topological polar surface area (TPSA) is 47.9 Å². The predicted molar refractivity (Wildman–Crippen MR) is 96.6 cm³/mol. The van der Waals surface area contributed by atoms with Crippen LogP contribution in [0.5, 0.6) is 5.75 Å². The molecule has 0 radical (unpaired) electrons. The second-order valence-electron chi connectivity index (χ2n) is 6.50. The summed E-state index contributed by atoms with van der Waals surface area (Å²) in [4.78, 5) is 0. The van der Waals surface area contributed by atoms with Crippen molar-refractivity contribution in [3.05, 3.63) is 64.7 Å². The standard InChI is InChI=1S/C21H26O4/c1-15-6-5-7-17(12-15)21(22)18-10-9-16(13-19(18)23-2)14-25-20-8-3-4-11-24-20/h5-7,9-10,12-13,20-22H,3-4,8,11,14H2,1-2H3. The first kappa shape index (κ1) is 17.9. The van der Waals surface area contributed by atoms with Crippen molar-refractivity contribution in [3.8, 4) is 5.75 Å². The van der Waals surface area contributed by atoms with Gasteiger partial charge in [0.25, 0.3) is 0 Å². The van der Waals surface area contributed by atoms with Gasteiger partial charge in [0.15, 0.2) is 6.29 Å². The second kappa shape index (κ2) is 8.48. The molecule has 3 rings (SSSR count). The van der Waals surface area contributed by atoms with Crippen molar-refractivity contribution >= 4 is 0 Å². The Bertz CT molecular complexity index is 692. The van der Waals surface area contributed by atoms with Gasteiger partial charge in [-0.1, -0.05) is 42.0 Å². The molecular formula is C21H26O4. The van der Waals surface area contributed by atoms with E-state index >= 15 is 0 Å². The summed E-state index contributed by atoms with van der Waals surface area (Å²) in [6.45, 7) is 3.26. The van der Waals surface area contributed by atoms with Crippen LogP contribution in [0, 0.1) is 6.92 Å². The van der Waals surface area contributed by atoms with Gasteiger partial charge in [0.2, 0.25) is 0 Å². The van der Waals surface area contributed by atoms with Crippen LogP contribution in [0.3, 0.4) is 0 Å². The zero-order chi connectivity index (χ0) is 17.6. The quantitative estimate of drug-likeness (QED) is 0.857. The summed E-state index contributed by atoms with van der Waals surface area (Å²) >= 11 is 0. The Balaban J connectivity index is 1.72. The molecule has 2 aromatic rings. The highest BCUT2D eigenvalue weighted by atomic mass is 16.7. The van der Waals surface area contributed by atoms with Gasteiger partial charge >= 0.3 is 0 Å². The molecule has 0 amide bonds. The highest BCUT2D eigenvalue weighted by Crippen LogP contribution is 2.31. The second-order valence-corrected chi connectivity index (χ2v) is 6.50. The molecule has 1 heterocycles. The summed E-state index contributed by atoms with van der Waals surface area (Å²) in [5.41, 5.74) is 3.74. The number of hydrogen-bond acceptors (Lipinski definition) is 4. The molecule has 0 saturated carbocycles. The normalized spacial score (nSPS) is 18.8. The van der Waals surface area contributed by atoms with Crippen LogP contribution in [0.25, 0.3) is 0 Å². The molecule has 0 aliphatic carbocycles. The van der Waals surface area contributed by atoms with Crippen LogP contribution in [-0.4, -0.2) is 25.1 Å². The largest absolute Gasteiger partial charge is 0.496 e. The zero-order valence-corrected chi connectivity index (χ0v) is 14.9. The van der Waals surface area contributed by atoms with E-state index in [1.807, 2.05) is 49.4 Å². The lowest BCUT2D eigenvalue weighted by Gasteiger charge is -2.23. The first-order valence-electron chi connectivity index (χ1n) is 8.82. The third-order valence-corrected chi connectivity index (χ3v) is 4.52. The Kier molecular flexibility index (Phi) is 6.08. The highest BCUT2D eigenvalue weighted by Gasteiger charge is 2.17. The average molecular weight is 342 g/mol. The van der Waals surface area contributed by atoms with Crippen LogP contribution in [0.4, 0.5) is 0 Å². The fourth-order valence-electron chi connectivity index (χ4n) is 3.12. The van der Waals surface area contributed by atoms with E-state index < -0.39 is 6.10 Å². The molecular weight excluding hydrogens is 316 g/mol. The number of rotatable bonds is 6. The highest BCUT2D eigenvalue weighted by molar-refractivity contribution is 5.43. The van der Waals surface area contributed by atoms with Gasteiger partial charge in [-0.25, -0.2) is 0 Å². The molecule has 1 fully saturated rings. The third kappa shape index (κ3) is 4.60. The number of aliphatic hydroxyl groups is 1. The molecule has 4 nitrogen and oxygen atoms in total. The molecule has 2 aromatic carbocycles. The van der Waals surface area contributed by atoms with E-state index in [1.165, 1.54) is 0 Å². The molecule has 0 spiro atoms. The minimum atomic E-state index is -0.716. The molecule has 0 bridgehead atoms. The zero-order valence-electron chi connectivity index (χ0n) is 14.9. The van der Waals surface area contributed by atoms with E-state index in [4.69, 9.17) is 14.2 Å². The fraction of sp³-hybridized carbons (Fsp3) is 0.429. The van der Waals surface area contributed by atoms with E-state index in [0.717, 1.165) is 48.1 Å². The van der Waals surface area contributed by atoms with Gasteiger partial charge in [-0.2, -0.15) is 0 Å². The predicted octanol–water partition coefficient (Wildman–Crippen LogP) is 4.13. The van der Waals surface area contributed by atoms with Gasteiger partial charge in [-0.3, -0.25) is 0 Å². The monoisotopic (exact) mass is 342 g/mol. The van der Waals surface area contributed by atoms with Crippen LogP contribution in [0.1, 0.15) is 47.6 Å². The summed E-state index contributed by atoms with van der Waals surface area (Å²) in [6.07, 6.45) is 2.37. The fourth-order valence-corrected chi connectivity index (χ4v) is 3.12. The van der Waals surface area contributed by atoms with Crippen LogP contribution in [-0.2, 0) is 16.1 Å². The van der Waals surface area contributed by atoms with Crippen molar-refractivity contribution in [2.24, 2.45) is 0 Å². The van der Waals surface area contributed by atoms with E-state index in [0.29, 0.717) is 12.4 Å². The summed E-state index contributed by atoms with van der Waals surface area (Å²) in [5.74, 6) is 0.666. The molecule has 4 heteroatoms. The third-order valence-electron chi connectivity index (χ3n) is 4.52. The molecule has 134 valence electrons. The van der Waals surface area contributed by atoms with Crippen molar-refractivity contribution in [3.63, 3.8) is 0 Å². The molecule has 2 atom stereocenters. The summed E-state index contributed by atoms with van der Waals surface area (Å²) < 4.78 is 16.9. The Hall–Kier alpha value is -1.88. The number of hydrogen-bond donors (Lipinski definition) is 1. The SMILES string of the molecule is COc1cc(COC2CCCCO2)ccc1C(O)c1cccc(C)c1. The van der Waals surface area contributed by atoms with E-state index in [9.17, 15) is 5.11 Å². The molecule has 1 N–H and O–H groups in total. The number of aliphatic hydroxyl groups excluding tert-OH is 1. The van der Waals surface area contributed by atoms with Crippen LogP contribution >= 0.6 is 0 Å². The lowest BCUT2D eigenvalue weighted by molar-refractivity contribution is -0.168.